The molecule has 0 radical (unpaired) electrons. The number of nitrogens with two attached hydrogens (primary N) is 1. The van der Waals surface area contributed by atoms with E-state index < -0.39 is 0 Å². The molecule has 24 heavy (non-hydrogen) atoms. The molecule has 0 saturated heterocycles. The number of carbonyl (C=O) groups is 2. The average Bonchev–Trinajstić information content (AvgIpc) is 2.54. The summed E-state index contributed by atoms with van der Waals surface area (Å²) in [6, 6.07) is 5.20. The van der Waals surface area contributed by atoms with Gasteiger partial charge in [-0.15, -0.1) is 0 Å². The highest BCUT2D eigenvalue weighted by Crippen LogP contribution is 2.20. The number of aryl methyl sites for hydroxylation is 1. The molecule has 0 aliphatic heterocycles. The van der Waals surface area contributed by atoms with E-state index in [0.717, 1.165) is 11.3 Å². The smallest absolute Gasteiger partial charge is 0.251 e. The first-order chi connectivity index (χ1) is 11.2. The number of likely N-dealkylation sites (N-methyl/N-ethyl adjacent to an activating group) is 1. The SMILES string of the molecule is C/C(N)=N/O.CNC(=O)CNC(=O)c1ccc(OC(C)C)c(C)c1. The lowest BCUT2D eigenvalue weighted by Crippen LogP contribution is -2.35. The zero-order valence-electron chi connectivity index (χ0n) is 14.7. The maximum atomic E-state index is 11.8. The zero-order chi connectivity index (χ0) is 18.7. The summed E-state index contributed by atoms with van der Waals surface area (Å²) in [5.41, 5.74) is 6.19. The van der Waals surface area contributed by atoms with Crippen molar-refractivity contribution < 1.29 is 19.5 Å². The number of amides is 2. The Kier molecular flexibility index (Phi) is 9.62. The number of hydrogen-bond acceptors (Lipinski definition) is 5. The van der Waals surface area contributed by atoms with Crippen LogP contribution in [0.3, 0.4) is 0 Å². The number of hydrogen-bond donors (Lipinski definition) is 4. The Labute approximate surface area is 142 Å². The second kappa shape index (κ2) is 10.9. The van der Waals surface area contributed by atoms with Crippen LogP contribution in [0.15, 0.2) is 23.4 Å². The van der Waals surface area contributed by atoms with Crippen LogP contribution in [0.2, 0.25) is 0 Å². The van der Waals surface area contributed by atoms with Crippen molar-refractivity contribution >= 4 is 17.6 Å². The monoisotopic (exact) mass is 338 g/mol. The summed E-state index contributed by atoms with van der Waals surface area (Å²) in [5.74, 6) is 0.440. The number of rotatable bonds is 5. The molecule has 134 valence electrons. The van der Waals surface area contributed by atoms with Crippen LogP contribution >= 0.6 is 0 Å². The van der Waals surface area contributed by atoms with Gasteiger partial charge in [0.05, 0.1) is 12.6 Å². The van der Waals surface area contributed by atoms with Crippen molar-refractivity contribution in [2.75, 3.05) is 13.6 Å². The van der Waals surface area contributed by atoms with E-state index in [9.17, 15) is 9.59 Å². The number of nitrogens with one attached hydrogen (secondary N) is 2. The maximum absolute atomic E-state index is 11.8. The van der Waals surface area contributed by atoms with Crippen LogP contribution in [0, 0.1) is 6.92 Å². The van der Waals surface area contributed by atoms with E-state index in [4.69, 9.17) is 15.7 Å². The summed E-state index contributed by atoms with van der Waals surface area (Å²) in [4.78, 5) is 22.9. The standard InChI is InChI=1S/C14H20N2O3.C2H6N2O/c1-9(2)19-12-6-5-11(7-10(12)3)14(18)16-8-13(17)15-4;1-2(3)4-5/h5-7,9H,8H2,1-4H3,(H,15,17)(H,16,18);5H,1H3,(H2,3,4). The van der Waals surface area contributed by atoms with Crippen LogP contribution in [0.5, 0.6) is 5.75 Å². The third kappa shape index (κ3) is 8.62. The van der Waals surface area contributed by atoms with Gasteiger partial charge in [-0.3, -0.25) is 9.59 Å². The third-order valence-corrected chi connectivity index (χ3v) is 2.65. The summed E-state index contributed by atoms with van der Waals surface area (Å²) in [5, 5.41) is 15.2. The lowest BCUT2D eigenvalue weighted by molar-refractivity contribution is -0.119. The minimum absolute atomic E-state index is 0.0291. The zero-order valence-corrected chi connectivity index (χ0v) is 14.7. The van der Waals surface area contributed by atoms with Crippen molar-refractivity contribution in [1.82, 2.24) is 10.6 Å². The molecular formula is C16H26N4O4. The summed E-state index contributed by atoms with van der Waals surface area (Å²) in [7, 11) is 1.52. The molecule has 2 amide bonds. The fourth-order valence-electron chi connectivity index (χ4n) is 1.53. The molecule has 0 heterocycles. The lowest BCUT2D eigenvalue weighted by Gasteiger charge is -2.13. The Morgan fingerprint density at radius 1 is 1.38 bits per heavy atom. The molecule has 0 fully saturated rings. The minimum atomic E-state index is -0.275. The largest absolute Gasteiger partial charge is 0.491 e. The molecule has 0 aliphatic rings. The van der Waals surface area contributed by atoms with Crippen LogP contribution in [-0.2, 0) is 4.79 Å². The Morgan fingerprint density at radius 3 is 2.38 bits per heavy atom. The van der Waals surface area contributed by atoms with Gasteiger partial charge in [0.2, 0.25) is 5.91 Å². The second-order valence-corrected chi connectivity index (χ2v) is 5.24. The van der Waals surface area contributed by atoms with E-state index in [-0.39, 0.29) is 30.3 Å². The predicted molar refractivity (Wildman–Crippen MR) is 92.4 cm³/mol. The van der Waals surface area contributed by atoms with Gasteiger partial charge >= 0.3 is 0 Å². The van der Waals surface area contributed by atoms with Crippen molar-refractivity contribution in [2.45, 2.75) is 33.8 Å². The number of amidine groups is 1. The van der Waals surface area contributed by atoms with E-state index in [2.05, 4.69) is 15.8 Å². The first-order valence-electron chi connectivity index (χ1n) is 7.41. The fourth-order valence-corrected chi connectivity index (χ4v) is 1.53. The molecular weight excluding hydrogens is 312 g/mol. The molecule has 8 nitrogen and oxygen atoms in total. The van der Waals surface area contributed by atoms with Crippen molar-refractivity contribution in [3.63, 3.8) is 0 Å². The highest BCUT2D eigenvalue weighted by molar-refractivity contribution is 5.96. The van der Waals surface area contributed by atoms with Gasteiger partial charge in [-0.2, -0.15) is 0 Å². The Balaban J connectivity index is 0.000000922. The molecule has 0 bridgehead atoms. The lowest BCUT2D eigenvalue weighted by atomic mass is 10.1. The Hall–Kier alpha value is -2.77. The minimum Gasteiger partial charge on any atom is -0.491 e. The summed E-state index contributed by atoms with van der Waals surface area (Å²) < 4.78 is 5.60. The predicted octanol–water partition coefficient (Wildman–Crippen LogP) is 1.01. The fraction of sp³-hybridized carbons (Fsp3) is 0.438. The van der Waals surface area contributed by atoms with E-state index >= 15 is 0 Å². The first kappa shape index (κ1) is 21.2. The quantitative estimate of drug-likeness (QED) is 0.276. The van der Waals surface area contributed by atoms with Crippen LogP contribution < -0.4 is 21.1 Å². The summed E-state index contributed by atoms with van der Waals surface area (Å²) in [6.45, 7) is 7.25. The van der Waals surface area contributed by atoms with Gasteiger partial charge in [0.15, 0.2) is 0 Å². The van der Waals surface area contributed by atoms with Gasteiger partial charge in [-0.1, -0.05) is 5.16 Å². The number of nitrogens with zero attached hydrogens (tertiary/aromatic N) is 1. The van der Waals surface area contributed by atoms with Crippen LogP contribution in [0.4, 0.5) is 0 Å². The van der Waals surface area contributed by atoms with Crippen molar-refractivity contribution in [3.8, 4) is 5.75 Å². The molecule has 0 saturated carbocycles. The molecule has 0 aromatic heterocycles. The summed E-state index contributed by atoms with van der Waals surface area (Å²) in [6.07, 6.45) is 0.0895. The van der Waals surface area contributed by atoms with E-state index in [1.165, 1.54) is 14.0 Å². The van der Waals surface area contributed by atoms with Gasteiger partial charge in [-0.05, 0) is 51.5 Å². The molecule has 5 N–H and O–H groups in total. The van der Waals surface area contributed by atoms with Crippen molar-refractivity contribution in [2.24, 2.45) is 10.9 Å². The Bertz CT molecular complexity index is 581. The highest BCUT2D eigenvalue weighted by atomic mass is 16.5. The van der Waals surface area contributed by atoms with E-state index in [1.54, 1.807) is 18.2 Å². The van der Waals surface area contributed by atoms with Crippen molar-refractivity contribution in [1.29, 1.82) is 0 Å². The van der Waals surface area contributed by atoms with Gasteiger partial charge in [-0.25, -0.2) is 0 Å². The average molecular weight is 338 g/mol. The van der Waals surface area contributed by atoms with E-state index in [0.29, 0.717) is 5.56 Å². The third-order valence-electron chi connectivity index (χ3n) is 2.65. The van der Waals surface area contributed by atoms with Gasteiger partial charge in [0, 0.05) is 12.6 Å². The topological polar surface area (TPSA) is 126 Å². The molecule has 1 rings (SSSR count). The number of ether oxygens (including phenoxy) is 1. The first-order valence-corrected chi connectivity index (χ1v) is 7.41. The van der Waals surface area contributed by atoms with Gasteiger partial charge in [0.1, 0.15) is 11.6 Å². The van der Waals surface area contributed by atoms with Crippen LogP contribution in [0.1, 0.15) is 36.7 Å². The normalized spacial score (nSPS) is 10.5. The molecule has 1 aromatic rings. The van der Waals surface area contributed by atoms with E-state index in [1.807, 2.05) is 20.8 Å². The maximum Gasteiger partial charge on any atom is 0.251 e. The number of oxime groups is 1. The second-order valence-electron chi connectivity index (χ2n) is 5.24. The Morgan fingerprint density at radius 2 is 1.96 bits per heavy atom. The van der Waals surface area contributed by atoms with Gasteiger partial charge < -0.3 is 26.3 Å². The molecule has 0 unspecified atom stereocenters. The molecule has 1 aromatic carbocycles. The van der Waals surface area contributed by atoms with Crippen LogP contribution in [-0.4, -0.2) is 42.6 Å². The molecule has 0 aliphatic carbocycles. The molecule has 0 spiro atoms. The molecule has 0 atom stereocenters. The number of carbonyl (C=O) groups excluding carboxylic acids is 2. The summed E-state index contributed by atoms with van der Waals surface area (Å²) >= 11 is 0. The van der Waals surface area contributed by atoms with Crippen molar-refractivity contribution in [3.05, 3.63) is 29.3 Å². The van der Waals surface area contributed by atoms with Gasteiger partial charge in [0.25, 0.3) is 5.91 Å². The molecule has 8 heteroatoms. The number of benzene rings is 1. The van der Waals surface area contributed by atoms with Crippen LogP contribution in [0.25, 0.3) is 0 Å². The highest BCUT2D eigenvalue weighted by Gasteiger charge is 2.10.